The summed E-state index contributed by atoms with van der Waals surface area (Å²) in [5.41, 5.74) is -0.118. The number of fused-ring (bicyclic) bond motifs is 3. The molecule has 0 aromatic heterocycles. The lowest BCUT2D eigenvalue weighted by molar-refractivity contribution is -0.216. The van der Waals surface area contributed by atoms with Crippen LogP contribution in [0.3, 0.4) is 0 Å². The molecule has 3 fully saturated rings. The summed E-state index contributed by atoms with van der Waals surface area (Å²) in [4.78, 5) is 38.7. The molecule has 4 aliphatic carbocycles. The van der Waals surface area contributed by atoms with Crippen molar-refractivity contribution in [2.75, 3.05) is 0 Å². The van der Waals surface area contributed by atoms with Crippen LogP contribution in [0.25, 0.3) is 0 Å². The average Bonchev–Trinajstić information content (AvgIpc) is 2.78. The van der Waals surface area contributed by atoms with E-state index in [1.54, 1.807) is 32.9 Å². The SMILES string of the molecule is C/C=C(/C)C(=O)O[C@@H]1[C@@H](O)C(C)(C)[C@@H]2[C@H]3C(=O)C=C(C)[C@@H]2[C@@]3(C)[C@@H]1OC(=O)[C@H](C)CC. The third kappa shape index (κ3) is 3.29. The van der Waals surface area contributed by atoms with Crippen LogP contribution >= 0.6 is 0 Å². The van der Waals surface area contributed by atoms with Crippen molar-refractivity contribution in [2.24, 2.45) is 34.5 Å². The molecule has 3 saturated carbocycles. The molecule has 172 valence electrons. The van der Waals surface area contributed by atoms with Crippen LogP contribution in [0, 0.1) is 34.5 Å². The van der Waals surface area contributed by atoms with Crippen LogP contribution in [0.2, 0.25) is 0 Å². The van der Waals surface area contributed by atoms with E-state index < -0.39 is 47.0 Å². The van der Waals surface area contributed by atoms with E-state index in [4.69, 9.17) is 9.47 Å². The lowest BCUT2D eigenvalue weighted by Crippen LogP contribution is -2.68. The van der Waals surface area contributed by atoms with Crippen LogP contribution in [0.5, 0.6) is 0 Å². The van der Waals surface area contributed by atoms with Gasteiger partial charge < -0.3 is 14.6 Å². The smallest absolute Gasteiger partial charge is 0.333 e. The van der Waals surface area contributed by atoms with Gasteiger partial charge in [-0.15, -0.1) is 0 Å². The minimum Gasteiger partial charge on any atom is -0.457 e. The minimum atomic E-state index is -1.09. The normalized spacial score (nSPS) is 39.6. The number of rotatable bonds is 5. The van der Waals surface area contributed by atoms with E-state index in [1.807, 2.05) is 34.6 Å². The number of carbonyl (C=O) groups is 3. The van der Waals surface area contributed by atoms with Crippen molar-refractivity contribution in [3.8, 4) is 0 Å². The molecule has 6 heteroatoms. The van der Waals surface area contributed by atoms with E-state index in [0.717, 1.165) is 5.57 Å². The Labute approximate surface area is 185 Å². The lowest BCUT2D eigenvalue weighted by Gasteiger charge is -2.65. The maximum atomic E-state index is 13.1. The molecular formula is C25H36O6. The molecule has 0 radical (unpaired) electrons. The number of ketones is 1. The van der Waals surface area contributed by atoms with E-state index in [2.05, 4.69) is 0 Å². The fourth-order valence-electron chi connectivity index (χ4n) is 6.12. The molecule has 0 saturated heterocycles. The van der Waals surface area contributed by atoms with Crippen LogP contribution in [0.15, 0.2) is 23.3 Å². The quantitative estimate of drug-likeness (QED) is 0.527. The maximum Gasteiger partial charge on any atom is 0.333 e. The van der Waals surface area contributed by atoms with Gasteiger partial charge in [0.1, 0.15) is 12.2 Å². The summed E-state index contributed by atoms with van der Waals surface area (Å²) in [6.07, 6.45) is 0.855. The molecular weight excluding hydrogens is 396 g/mol. The molecule has 4 aliphatic rings. The van der Waals surface area contributed by atoms with Gasteiger partial charge in [-0.3, -0.25) is 9.59 Å². The zero-order valence-corrected chi connectivity index (χ0v) is 19.9. The van der Waals surface area contributed by atoms with E-state index in [9.17, 15) is 19.5 Å². The van der Waals surface area contributed by atoms with Gasteiger partial charge in [-0.1, -0.05) is 46.3 Å². The van der Waals surface area contributed by atoms with Crippen molar-refractivity contribution in [1.29, 1.82) is 0 Å². The van der Waals surface area contributed by atoms with Gasteiger partial charge in [-0.05, 0) is 50.5 Å². The zero-order valence-electron chi connectivity index (χ0n) is 19.9. The second kappa shape index (κ2) is 7.88. The van der Waals surface area contributed by atoms with Crippen LogP contribution in [0.4, 0.5) is 0 Å². The molecule has 4 rings (SSSR count). The Balaban J connectivity index is 2.14. The molecule has 6 nitrogen and oxygen atoms in total. The minimum absolute atomic E-state index is 0.00558. The van der Waals surface area contributed by atoms with Gasteiger partial charge in [0.05, 0.1) is 5.92 Å². The molecule has 8 atom stereocenters. The number of aliphatic hydroxyl groups excluding tert-OH is 1. The molecule has 0 heterocycles. The third-order valence-electron chi connectivity index (χ3n) is 8.33. The van der Waals surface area contributed by atoms with Gasteiger partial charge in [0.15, 0.2) is 11.9 Å². The number of ether oxygens (including phenoxy) is 2. The predicted octanol–water partition coefficient (Wildman–Crippen LogP) is 3.62. The van der Waals surface area contributed by atoms with Gasteiger partial charge in [-0.25, -0.2) is 4.79 Å². The van der Waals surface area contributed by atoms with E-state index in [-0.39, 0.29) is 23.5 Å². The number of esters is 2. The fraction of sp³-hybridized carbons (Fsp3) is 0.720. The Morgan fingerprint density at radius 1 is 1.23 bits per heavy atom. The van der Waals surface area contributed by atoms with Crippen LogP contribution in [-0.4, -0.2) is 41.1 Å². The van der Waals surface area contributed by atoms with Crippen molar-refractivity contribution in [3.63, 3.8) is 0 Å². The summed E-state index contributed by atoms with van der Waals surface area (Å²) >= 11 is 0. The second-order valence-electron chi connectivity index (χ2n) is 10.4. The average molecular weight is 433 g/mol. The first-order chi connectivity index (χ1) is 14.3. The first kappa shape index (κ1) is 23.7. The monoisotopic (exact) mass is 432 g/mol. The van der Waals surface area contributed by atoms with Crippen molar-refractivity contribution < 1.29 is 29.0 Å². The summed E-state index contributed by atoms with van der Waals surface area (Å²) < 4.78 is 11.9. The summed E-state index contributed by atoms with van der Waals surface area (Å²) in [7, 11) is 0. The van der Waals surface area contributed by atoms with Crippen molar-refractivity contribution in [2.45, 2.75) is 80.1 Å². The summed E-state index contributed by atoms with van der Waals surface area (Å²) in [5.74, 6) is -1.85. The van der Waals surface area contributed by atoms with Gasteiger partial charge >= 0.3 is 11.9 Å². The Hall–Kier alpha value is -1.95. The number of aliphatic hydroxyl groups is 1. The van der Waals surface area contributed by atoms with E-state index >= 15 is 0 Å². The first-order valence-electron chi connectivity index (χ1n) is 11.3. The highest BCUT2D eigenvalue weighted by Gasteiger charge is 2.76. The topological polar surface area (TPSA) is 89.9 Å². The fourth-order valence-corrected chi connectivity index (χ4v) is 6.12. The van der Waals surface area contributed by atoms with Crippen LogP contribution in [0.1, 0.15) is 61.8 Å². The largest absolute Gasteiger partial charge is 0.457 e. The van der Waals surface area contributed by atoms with E-state index in [0.29, 0.717) is 12.0 Å². The lowest BCUT2D eigenvalue weighted by atomic mass is 9.37. The van der Waals surface area contributed by atoms with Crippen molar-refractivity contribution in [1.82, 2.24) is 0 Å². The molecule has 4 bridgehead atoms. The highest BCUT2D eigenvalue weighted by Crippen LogP contribution is 2.72. The molecule has 0 aliphatic heterocycles. The Morgan fingerprint density at radius 3 is 2.35 bits per heavy atom. The summed E-state index contributed by atoms with van der Waals surface area (Å²) in [6, 6.07) is 0. The van der Waals surface area contributed by atoms with E-state index in [1.165, 1.54) is 0 Å². The van der Waals surface area contributed by atoms with Crippen LogP contribution in [-0.2, 0) is 23.9 Å². The summed E-state index contributed by atoms with van der Waals surface area (Å²) in [5, 5.41) is 11.5. The van der Waals surface area contributed by atoms with Crippen molar-refractivity contribution in [3.05, 3.63) is 23.3 Å². The number of hydrogen-bond acceptors (Lipinski definition) is 6. The number of allylic oxidation sites excluding steroid dienone is 3. The van der Waals surface area contributed by atoms with Crippen LogP contribution < -0.4 is 0 Å². The zero-order chi connectivity index (χ0) is 23.5. The highest BCUT2D eigenvalue weighted by molar-refractivity contribution is 5.97. The number of carbonyl (C=O) groups excluding carboxylic acids is 3. The standard InChI is InChI=1S/C25H36O6/c1-9-12(3)22(28)30-19-20(27)24(6,7)18-16-14(5)11-15(26)17(18)25(16,8)21(19)31-23(29)13(4)10-2/h9,11,13,16-21,27H,10H2,1-8H3/b12-9-/t13-,16+,17-,18+,19-,20-,21-,25-/m1/s1. The Morgan fingerprint density at radius 2 is 1.84 bits per heavy atom. The number of hydrogen-bond donors (Lipinski definition) is 1. The summed E-state index contributed by atoms with van der Waals surface area (Å²) in [6.45, 7) is 14.8. The molecule has 0 aromatic carbocycles. The highest BCUT2D eigenvalue weighted by atomic mass is 16.6. The molecule has 0 spiro atoms. The second-order valence-corrected chi connectivity index (χ2v) is 10.4. The maximum absolute atomic E-state index is 13.1. The van der Waals surface area contributed by atoms with Gasteiger partial charge in [0.25, 0.3) is 0 Å². The van der Waals surface area contributed by atoms with Gasteiger partial charge in [0, 0.05) is 16.9 Å². The third-order valence-corrected chi connectivity index (χ3v) is 8.33. The van der Waals surface area contributed by atoms with Gasteiger partial charge in [0.2, 0.25) is 0 Å². The molecule has 0 unspecified atom stereocenters. The molecule has 1 N–H and O–H groups in total. The molecule has 0 aromatic rings. The predicted molar refractivity (Wildman–Crippen MR) is 116 cm³/mol. The Kier molecular flexibility index (Phi) is 6.02. The molecule has 31 heavy (non-hydrogen) atoms. The Bertz CT molecular complexity index is 852. The molecule has 0 amide bonds. The first-order valence-corrected chi connectivity index (χ1v) is 11.3. The van der Waals surface area contributed by atoms with Crippen molar-refractivity contribution >= 4 is 17.7 Å². The van der Waals surface area contributed by atoms with Gasteiger partial charge in [-0.2, -0.15) is 0 Å².